The molecule has 24 heavy (non-hydrogen) atoms. The molecule has 1 fully saturated rings. The van der Waals surface area contributed by atoms with Crippen LogP contribution >= 0.6 is 23.2 Å². The lowest BCUT2D eigenvalue weighted by Crippen LogP contribution is -2.32. The van der Waals surface area contributed by atoms with E-state index in [1.165, 1.54) is 5.56 Å². The number of aromatic nitrogens is 1. The van der Waals surface area contributed by atoms with Gasteiger partial charge in [-0.25, -0.2) is 0 Å². The van der Waals surface area contributed by atoms with E-state index in [1.54, 1.807) is 24.3 Å². The van der Waals surface area contributed by atoms with Crippen molar-refractivity contribution in [3.8, 4) is 0 Å². The van der Waals surface area contributed by atoms with Crippen molar-refractivity contribution >= 4 is 40.0 Å². The predicted molar refractivity (Wildman–Crippen MR) is 98.0 cm³/mol. The molecule has 5 heteroatoms. The molecule has 0 saturated heterocycles. The lowest BCUT2D eigenvalue weighted by atomic mass is 9.95. The summed E-state index contributed by atoms with van der Waals surface area (Å²) in [6, 6.07) is 12.9. The van der Waals surface area contributed by atoms with Gasteiger partial charge in [-0.1, -0.05) is 29.3 Å². The van der Waals surface area contributed by atoms with Gasteiger partial charge in [-0.05, 0) is 54.8 Å². The molecule has 2 aromatic carbocycles. The van der Waals surface area contributed by atoms with Crippen molar-refractivity contribution in [2.75, 3.05) is 6.54 Å². The van der Waals surface area contributed by atoms with E-state index in [-0.39, 0.29) is 11.3 Å². The molecule has 0 spiro atoms. The maximum Gasteiger partial charge on any atom is 0.251 e. The van der Waals surface area contributed by atoms with Gasteiger partial charge in [0.15, 0.2) is 0 Å². The molecule has 1 aliphatic carbocycles. The third kappa shape index (κ3) is 2.79. The number of carbonyl (C=O) groups excluding carboxylic acids is 1. The molecule has 0 atom stereocenters. The van der Waals surface area contributed by atoms with Crippen molar-refractivity contribution in [2.24, 2.45) is 0 Å². The summed E-state index contributed by atoms with van der Waals surface area (Å²) < 4.78 is 0. The highest BCUT2D eigenvalue weighted by molar-refractivity contribution is 6.31. The highest BCUT2D eigenvalue weighted by Gasteiger charge is 2.45. The maximum atomic E-state index is 12.4. The van der Waals surface area contributed by atoms with Crippen LogP contribution in [0.4, 0.5) is 0 Å². The van der Waals surface area contributed by atoms with Gasteiger partial charge in [-0.15, -0.1) is 0 Å². The van der Waals surface area contributed by atoms with E-state index in [2.05, 4.69) is 10.3 Å². The third-order valence-electron chi connectivity index (χ3n) is 4.74. The Kier molecular flexibility index (Phi) is 3.78. The number of H-pyrrole nitrogens is 1. The summed E-state index contributed by atoms with van der Waals surface area (Å²) in [4.78, 5) is 15.7. The van der Waals surface area contributed by atoms with Gasteiger partial charge < -0.3 is 10.3 Å². The minimum atomic E-state index is -0.0957. The van der Waals surface area contributed by atoms with Gasteiger partial charge in [0.2, 0.25) is 0 Å². The normalized spacial score (nSPS) is 15.4. The lowest BCUT2D eigenvalue weighted by Gasteiger charge is -2.16. The molecule has 3 aromatic rings. The molecule has 0 unspecified atom stereocenters. The number of amides is 1. The van der Waals surface area contributed by atoms with Crippen LogP contribution in [-0.2, 0) is 5.41 Å². The van der Waals surface area contributed by atoms with Crippen LogP contribution < -0.4 is 5.32 Å². The second-order valence-electron chi connectivity index (χ2n) is 6.37. The zero-order chi connectivity index (χ0) is 16.7. The average Bonchev–Trinajstić information content (AvgIpc) is 3.24. The largest absolute Gasteiger partial charge is 0.361 e. The Morgan fingerprint density at radius 2 is 1.92 bits per heavy atom. The molecule has 2 N–H and O–H groups in total. The summed E-state index contributed by atoms with van der Waals surface area (Å²) in [5, 5.41) is 5.48. The van der Waals surface area contributed by atoms with E-state index >= 15 is 0 Å². The fraction of sp³-hybridized carbons (Fsp3) is 0.211. The first kappa shape index (κ1) is 15.6. The van der Waals surface area contributed by atoms with Crippen LogP contribution in [0.5, 0.6) is 0 Å². The van der Waals surface area contributed by atoms with Crippen molar-refractivity contribution < 1.29 is 4.79 Å². The van der Waals surface area contributed by atoms with Gasteiger partial charge in [0.25, 0.3) is 5.91 Å². The third-order valence-corrected chi connectivity index (χ3v) is 5.21. The van der Waals surface area contributed by atoms with Crippen molar-refractivity contribution in [2.45, 2.75) is 18.3 Å². The molecule has 1 heterocycles. The van der Waals surface area contributed by atoms with Gasteiger partial charge in [-0.3, -0.25) is 4.79 Å². The molecule has 0 radical (unpaired) electrons. The smallest absolute Gasteiger partial charge is 0.251 e. The fourth-order valence-corrected chi connectivity index (χ4v) is 3.57. The monoisotopic (exact) mass is 358 g/mol. The maximum absolute atomic E-state index is 12.4. The van der Waals surface area contributed by atoms with E-state index in [4.69, 9.17) is 23.2 Å². The summed E-state index contributed by atoms with van der Waals surface area (Å²) in [6.45, 7) is 0.609. The summed E-state index contributed by atoms with van der Waals surface area (Å²) >= 11 is 12.1. The van der Waals surface area contributed by atoms with Crippen LogP contribution in [0.15, 0.2) is 48.7 Å². The first-order chi connectivity index (χ1) is 11.6. The van der Waals surface area contributed by atoms with Crippen LogP contribution in [0.2, 0.25) is 10.0 Å². The average molecular weight is 359 g/mol. The van der Waals surface area contributed by atoms with Crippen molar-refractivity contribution in [3.05, 3.63) is 69.8 Å². The highest BCUT2D eigenvalue weighted by Crippen LogP contribution is 2.50. The van der Waals surface area contributed by atoms with E-state index in [0.29, 0.717) is 17.1 Å². The Morgan fingerprint density at radius 1 is 1.12 bits per heavy atom. The standard InChI is InChI=1S/C19H16Cl2N2O/c20-13-3-1-2-12(8-13)18(24)23-11-19(6-7-19)16-10-22-17-5-4-14(21)9-15(16)17/h1-5,8-10,22H,6-7,11H2,(H,23,24). The second kappa shape index (κ2) is 5.83. The predicted octanol–water partition coefficient (Wildman–Crippen LogP) is 4.94. The van der Waals surface area contributed by atoms with E-state index in [0.717, 1.165) is 28.8 Å². The zero-order valence-corrected chi connectivity index (χ0v) is 14.4. The molecule has 1 aliphatic rings. The Hall–Kier alpha value is -1.97. The van der Waals surface area contributed by atoms with E-state index < -0.39 is 0 Å². The number of nitrogens with one attached hydrogen (secondary N) is 2. The molecule has 4 rings (SSSR count). The molecular formula is C19H16Cl2N2O. The number of halogens is 2. The van der Waals surface area contributed by atoms with Crippen LogP contribution in [0.1, 0.15) is 28.8 Å². The van der Waals surface area contributed by atoms with Crippen molar-refractivity contribution in [1.82, 2.24) is 10.3 Å². The summed E-state index contributed by atoms with van der Waals surface area (Å²) in [5.41, 5.74) is 2.88. The van der Waals surface area contributed by atoms with Gasteiger partial charge in [0.1, 0.15) is 0 Å². The van der Waals surface area contributed by atoms with Crippen LogP contribution in [0.3, 0.4) is 0 Å². The fourth-order valence-electron chi connectivity index (χ4n) is 3.21. The number of hydrogen-bond donors (Lipinski definition) is 2. The molecular weight excluding hydrogens is 343 g/mol. The van der Waals surface area contributed by atoms with Gasteiger partial charge >= 0.3 is 0 Å². The molecule has 0 bridgehead atoms. The molecule has 1 saturated carbocycles. The number of hydrogen-bond acceptors (Lipinski definition) is 1. The number of aromatic amines is 1. The van der Waals surface area contributed by atoms with Gasteiger partial charge in [0.05, 0.1) is 0 Å². The van der Waals surface area contributed by atoms with Crippen LogP contribution in [0, 0.1) is 0 Å². The first-order valence-electron chi connectivity index (χ1n) is 7.88. The number of carbonyl (C=O) groups is 1. The summed E-state index contributed by atoms with van der Waals surface area (Å²) in [7, 11) is 0. The quantitative estimate of drug-likeness (QED) is 0.681. The van der Waals surface area contributed by atoms with Crippen LogP contribution in [-0.4, -0.2) is 17.4 Å². The van der Waals surface area contributed by atoms with E-state index in [9.17, 15) is 4.79 Å². The topological polar surface area (TPSA) is 44.9 Å². The highest BCUT2D eigenvalue weighted by atomic mass is 35.5. The minimum Gasteiger partial charge on any atom is -0.361 e. The second-order valence-corrected chi connectivity index (χ2v) is 7.24. The molecule has 1 amide bonds. The number of rotatable bonds is 4. The van der Waals surface area contributed by atoms with Crippen molar-refractivity contribution in [3.63, 3.8) is 0 Å². The number of fused-ring (bicyclic) bond motifs is 1. The minimum absolute atomic E-state index is 0.00281. The lowest BCUT2D eigenvalue weighted by molar-refractivity contribution is 0.0949. The van der Waals surface area contributed by atoms with Gasteiger partial charge in [0, 0.05) is 44.7 Å². The Morgan fingerprint density at radius 3 is 2.67 bits per heavy atom. The molecule has 1 aromatic heterocycles. The van der Waals surface area contributed by atoms with Crippen molar-refractivity contribution in [1.29, 1.82) is 0 Å². The summed E-state index contributed by atoms with van der Waals surface area (Å²) in [5.74, 6) is -0.0957. The Labute approximate surface area is 150 Å². The summed E-state index contributed by atoms with van der Waals surface area (Å²) in [6.07, 6.45) is 4.16. The number of benzene rings is 2. The zero-order valence-electron chi connectivity index (χ0n) is 12.9. The Bertz CT molecular complexity index is 928. The first-order valence-corrected chi connectivity index (χ1v) is 8.64. The van der Waals surface area contributed by atoms with Gasteiger partial charge in [-0.2, -0.15) is 0 Å². The molecule has 3 nitrogen and oxygen atoms in total. The molecule has 0 aliphatic heterocycles. The van der Waals surface area contributed by atoms with Crippen LogP contribution in [0.25, 0.3) is 10.9 Å². The Balaban J connectivity index is 1.55. The molecule has 122 valence electrons. The van der Waals surface area contributed by atoms with E-state index in [1.807, 2.05) is 24.4 Å². The SMILES string of the molecule is O=C(NCC1(c2c[nH]c3ccc(Cl)cc23)CC1)c1cccc(Cl)c1.